The van der Waals surface area contributed by atoms with E-state index in [-0.39, 0.29) is 17.8 Å². The number of benzene rings is 1. The van der Waals surface area contributed by atoms with E-state index in [2.05, 4.69) is 15.9 Å². The summed E-state index contributed by atoms with van der Waals surface area (Å²) in [5.41, 5.74) is 0.483. The molecule has 1 amide bonds. The average molecular weight is 314 g/mol. The first-order valence-corrected chi connectivity index (χ1v) is 6.73. The number of aromatic hydroxyl groups is 1. The smallest absolute Gasteiger partial charge is 0.253 e. The molecule has 0 aliphatic carbocycles. The van der Waals surface area contributed by atoms with Crippen LogP contribution in [0.25, 0.3) is 0 Å². The van der Waals surface area contributed by atoms with Gasteiger partial charge in [0.25, 0.3) is 5.91 Å². The summed E-state index contributed by atoms with van der Waals surface area (Å²) in [6, 6.07) is 4.83. The lowest BCUT2D eigenvalue weighted by molar-refractivity contribution is 0.0587. The van der Waals surface area contributed by atoms with E-state index in [0.717, 1.165) is 19.4 Å². The number of nitrogens with zero attached hydrogens (tertiary/aromatic N) is 1. The number of phenolic OH excluding ortho intramolecular Hbond substituents is 1. The van der Waals surface area contributed by atoms with Crippen LogP contribution in [0.5, 0.6) is 5.75 Å². The SMILES string of the molecule is CN(CC1CCCO1)C(=O)c1ccc(Br)c(O)c1. The second kappa shape index (κ2) is 5.71. The Hall–Kier alpha value is -1.07. The van der Waals surface area contributed by atoms with Crippen molar-refractivity contribution in [2.45, 2.75) is 18.9 Å². The minimum atomic E-state index is -0.103. The number of hydrogen-bond donors (Lipinski definition) is 1. The predicted molar refractivity (Wildman–Crippen MR) is 71.7 cm³/mol. The van der Waals surface area contributed by atoms with Crippen molar-refractivity contribution in [3.8, 4) is 5.75 Å². The molecule has 1 unspecified atom stereocenters. The molecule has 1 saturated heterocycles. The molecule has 0 saturated carbocycles. The maximum absolute atomic E-state index is 12.1. The molecule has 0 bridgehead atoms. The van der Waals surface area contributed by atoms with Crippen molar-refractivity contribution in [2.75, 3.05) is 20.2 Å². The van der Waals surface area contributed by atoms with Crippen molar-refractivity contribution in [3.63, 3.8) is 0 Å². The lowest BCUT2D eigenvalue weighted by Crippen LogP contribution is -2.34. The Balaban J connectivity index is 2.02. The van der Waals surface area contributed by atoms with Gasteiger partial charge in [-0.15, -0.1) is 0 Å². The molecule has 1 atom stereocenters. The minimum absolute atomic E-state index is 0.0753. The van der Waals surface area contributed by atoms with Crippen molar-refractivity contribution in [1.29, 1.82) is 0 Å². The van der Waals surface area contributed by atoms with Gasteiger partial charge in [0.15, 0.2) is 0 Å². The van der Waals surface area contributed by atoms with Crippen LogP contribution in [-0.4, -0.2) is 42.2 Å². The highest BCUT2D eigenvalue weighted by atomic mass is 79.9. The van der Waals surface area contributed by atoms with Crippen LogP contribution in [0.2, 0.25) is 0 Å². The summed E-state index contributed by atoms with van der Waals surface area (Å²) in [7, 11) is 1.75. The molecule has 1 heterocycles. The largest absolute Gasteiger partial charge is 0.507 e. The molecule has 0 aromatic heterocycles. The molecule has 1 aromatic rings. The van der Waals surface area contributed by atoms with Gasteiger partial charge in [-0.1, -0.05) is 0 Å². The molecule has 0 radical (unpaired) electrons. The lowest BCUT2D eigenvalue weighted by atomic mass is 10.1. The van der Waals surface area contributed by atoms with Crippen LogP contribution in [0, 0.1) is 0 Å². The standard InChI is InChI=1S/C13H16BrNO3/c1-15(8-10-3-2-6-18-10)13(17)9-4-5-11(14)12(16)7-9/h4-5,7,10,16H,2-3,6,8H2,1H3. The highest BCUT2D eigenvalue weighted by molar-refractivity contribution is 9.10. The van der Waals surface area contributed by atoms with E-state index in [1.165, 1.54) is 6.07 Å². The van der Waals surface area contributed by atoms with Crippen molar-refractivity contribution in [3.05, 3.63) is 28.2 Å². The Morgan fingerprint density at radius 1 is 1.61 bits per heavy atom. The van der Waals surface area contributed by atoms with E-state index >= 15 is 0 Å². The van der Waals surface area contributed by atoms with E-state index in [0.29, 0.717) is 16.6 Å². The molecule has 5 heteroatoms. The van der Waals surface area contributed by atoms with Crippen LogP contribution < -0.4 is 0 Å². The number of carbonyl (C=O) groups excluding carboxylic acids is 1. The predicted octanol–water partition coefficient (Wildman–Crippen LogP) is 2.41. The number of phenols is 1. The molecular weight excluding hydrogens is 298 g/mol. The maximum Gasteiger partial charge on any atom is 0.253 e. The van der Waals surface area contributed by atoms with Gasteiger partial charge in [-0.25, -0.2) is 0 Å². The monoisotopic (exact) mass is 313 g/mol. The molecule has 2 rings (SSSR count). The van der Waals surface area contributed by atoms with Gasteiger partial charge < -0.3 is 14.7 Å². The number of rotatable bonds is 3. The first-order valence-electron chi connectivity index (χ1n) is 5.93. The fraction of sp³-hybridized carbons (Fsp3) is 0.462. The molecule has 18 heavy (non-hydrogen) atoms. The zero-order chi connectivity index (χ0) is 13.1. The van der Waals surface area contributed by atoms with Gasteiger partial charge >= 0.3 is 0 Å². The Labute approximate surface area is 115 Å². The highest BCUT2D eigenvalue weighted by Crippen LogP contribution is 2.25. The average Bonchev–Trinajstić information content (AvgIpc) is 2.84. The van der Waals surface area contributed by atoms with Gasteiger partial charge in [-0.3, -0.25) is 4.79 Å². The summed E-state index contributed by atoms with van der Waals surface area (Å²) in [5, 5.41) is 9.57. The molecule has 1 fully saturated rings. The van der Waals surface area contributed by atoms with E-state index in [9.17, 15) is 9.90 Å². The van der Waals surface area contributed by atoms with E-state index in [4.69, 9.17) is 4.74 Å². The van der Waals surface area contributed by atoms with E-state index in [1.54, 1.807) is 24.1 Å². The molecule has 0 spiro atoms. The van der Waals surface area contributed by atoms with Crippen molar-refractivity contribution in [2.24, 2.45) is 0 Å². The van der Waals surface area contributed by atoms with Gasteiger partial charge in [0.2, 0.25) is 0 Å². The second-order valence-electron chi connectivity index (χ2n) is 4.49. The Bertz CT molecular complexity index is 444. The Morgan fingerprint density at radius 3 is 3.00 bits per heavy atom. The topological polar surface area (TPSA) is 49.8 Å². The summed E-state index contributed by atoms with van der Waals surface area (Å²) in [5.74, 6) is -0.0281. The molecule has 1 aliphatic rings. The highest BCUT2D eigenvalue weighted by Gasteiger charge is 2.21. The van der Waals surface area contributed by atoms with E-state index in [1.807, 2.05) is 0 Å². The quantitative estimate of drug-likeness (QED) is 0.932. The first kappa shape index (κ1) is 13.4. The summed E-state index contributed by atoms with van der Waals surface area (Å²) >= 11 is 3.19. The van der Waals surface area contributed by atoms with Crippen LogP contribution in [0.4, 0.5) is 0 Å². The minimum Gasteiger partial charge on any atom is -0.507 e. The third-order valence-corrected chi connectivity index (χ3v) is 3.71. The summed E-state index contributed by atoms with van der Waals surface area (Å²) in [6.45, 7) is 1.38. The second-order valence-corrected chi connectivity index (χ2v) is 5.34. The Morgan fingerprint density at radius 2 is 2.39 bits per heavy atom. The van der Waals surface area contributed by atoms with Gasteiger partial charge in [0.1, 0.15) is 5.75 Å². The van der Waals surface area contributed by atoms with Crippen molar-refractivity contribution >= 4 is 21.8 Å². The van der Waals surface area contributed by atoms with Crippen molar-refractivity contribution < 1.29 is 14.6 Å². The van der Waals surface area contributed by atoms with Crippen LogP contribution in [0.3, 0.4) is 0 Å². The van der Waals surface area contributed by atoms with Crippen LogP contribution >= 0.6 is 15.9 Å². The fourth-order valence-corrected chi connectivity index (χ4v) is 2.29. The van der Waals surface area contributed by atoms with Crippen LogP contribution in [0.15, 0.2) is 22.7 Å². The summed E-state index contributed by atoms with van der Waals surface area (Å²) in [4.78, 5) is 13.8. The molecule has 4 nitrogen and oxygen atoms in total. The van der Waals surface area contributed by atoms with Gasteiger partial charge in [-0.05, 0) is 47.0 Å². The van der Waals surface area contributed by atoms with Gasteiger partial charge in [0.05, 0.1) is 10.6 Å². The fourth-order valence-electron chi connectivity index (χ4n) is 2.04. The molecule has 1 aromatic carbocycles. The van der Waals surface area contributed by atoms with Crippen molar-refractivity contribution in [1.82, 2.24) is 4.90 Å². The summed E-state index contributed by atoms with van der Waals surface area (Å²) < 4.78 is 6.09. The lowest BCUT2D eigenvalue weighted by Gasteiger charge is -2.21. The molecule has 98 valence electrons. The van der Waals surface area contributed by atoms with Crippen LogP contribution in [0.1, 0.15) is 23.2 Å². The third kappa shape index (κ3) is 3.03. The zero-order valence-corrected chi connectivity index (χ0v) is 11.8. The number of carbonyl (C=O) groups is 1. The maximum atomic E-state index is 12.1. The number of likely N-dealkylation sites (N-methyl/N-ethyl adjacent to an activating group) is 1. The van der Waals surface area contributed by atoms with Gasteiger partial charge in [0, 0.05) is 25.8 Å². The number of halogens is 1. The first-order chi connectivity index (χ1) is 8.58. The summed E-state index contributed by atoms with van der Waals surface area (Å²) in [6.07, 6.45) is 2.21. The van der Waals surface area contributed by atoms with E-state index < -0.39 is 0 Å². The third-order valence-electron chi connectivity index (χ3n) is 3.04. The van der Waals surface area contributed by atoms with Gasteiger partial charge in [-0.2, -0.15) is 0 Å². The molecule has 1 N–H and O–H groups in total. The molecular formula is C13H16BrNO3. The van der Waals surface area contributed by atoms with Crippen LogP contribution in [-0.2, 0) is 4.74 Å². The number of amides is 1. The Kier molecular flexibility index (Phi) is 4.24. The normalized spacial score (nSPS) is 18.9. The molecule has 1 aliphatic heterocycles. The number of ether oxygens (including phenoxy) is 1. The zero-order valence-electron chi connectivity index (χ0n) is 10.2. The number of hydrogen-bond acceptors (Lipinski definition) is 3.